The highest BCUT2D eigenvalue weighted by Crippen LogP contribution is 2.37. The van der Waals surface area contributed by atoms with Gasteiger partial charge < -0.3 is 14.6 Å². The fourth-order valence-electron chi connectivity index (χ4n) is 4.55. The standard InChI is InChI=1S/C27H23F7N4O5/c1-14-15(2)23(40)35-38(43-25(42)27(32,33)34)21(14)12-16-7-8-19(28)17(11-16)24(41)36-9-10-37(22(39)13-36)20-6-4-3-5-18(20)26(29,30)31/h3-8,11,15H,9-10,12-13H2,1-2H3,(H,35,40). The van der Waals surface area contributed by atoms with Gasteiger partial charge in [-0.25, -0.2) is 14.6 Å². The lowest BCUT2D eigenvalue weighted by Gasteiger charge is -2.35. The molecule has 0 bridgehead atoms. The number of amides is 3. The van der Waals surface area contributed by atoms with E-state index in [0.717, 1.165) is 34.1 Å². The number of carbonyl (C=O) groups excluding carboxylic acids is 4. The van der Waals surface area contributed by atoms with Crippen molar-refractivity contribution in [2.24, 2.45) is 5.92 Å². The van der Waals surface area contributed by atoms with E-state index in [1.54, 1.807) is 0 Å². The largest absolute Gasteiger partial charge is 0.493 e. The van der Waals surface area contributed by atoms with Gasteiger partial charge in [0.1, 0.15) is 12.4 Å². The number of hydrogen-bond donors (Lipinski definition) is 1. The van der Waals surface area contributed by atoms with Gasteiger partial charge in [-0.15, -0.1) is 5.17 Å². The quantitative estimate of drug-likeness (QED) is 0.507. The highest BCUT2D eigenvalue weighted by molar-refractivity contribution is 6.02. The molecule has 2 aliphatic rings. The average molecular weight is 616 g/mol. The number of anilines is 1. The summed E-state index contributed by atoms with van der Waals surface area (Å²) < 4.78 is 93.7. The Morgan fingerprint density at radius 2 is 1.70 bits per heavy atom. The van der Waals surface area contributed by atoms with E-state index in [-0.39, 0.29) is 47.2 Å². The number of nitrogens with one attached hydrogen (secondary N) is 1. The Kier molecular flexibility index (Phi) is 8.42. The first-order valence-electron chi connectivity index (χ1n) is 12.6. The van der Waals surface area contributed by atoms with Crippen molar-refractivity contribution in [2.45, 2.75) is 32.6 Å². The van der Waals surface area contributed by atoms with Crippen molar-refractivity contribution in [3.05, 3.63) is 76.2 Å². The minimum absolute atomic E-state index is 0.0816. The van der Waals surface area contributed by atoms with E-state index >= 15 is 0 Å². The Hall–Kier alpha value is -4.63. The zero-order valence-corrected chi connectivity index (χ0v) is 22.5. The average Bonchev–Trinajstić information content (AvgIpc) is 2.93. The fraction of sp³-hybridized carbons (Fsp3) is 0.333. The van der Waals surface area contributed by atoms with Crippen molar-refractivity contribution in [3.63, 3.8) is 0 Å². The third-order valence-electron chi connectivity index (χ3n) is 7.00. The zero-order valence-electron chi connectivity index (χ0n) is 22.5. The summed E-state index contributed by atoms with van der Waals surface area (Å²) in [5, 5.41) is 0.273. The third kappa shape index (κ3) is 6.57. The summed E-state index contributed by atoms with van der Waals surface area (Å²) >= 11 is 0. The van der Waals surface area contributed by atoms with Crippen LogP contribution < -0.4 is 10.3 Å². The highest BCUT2D eigenvalue weighted by Gasteiger charge is 2.44. The van der Waals surface area contributed by atoms with E-state index in [9.17, 15) is 49.9 Å². The van der Waals surface area contributed by atoms with Gasteiger partial charge in [0, 0.05) is 19.5 Å². The van der Waals surface area contributed by atoms with E-state index < -0.39 is 65.5 Å². The van der Waals surface area contributed by atoms with Crippen LogP contribution in [0.3, 0.4) is 0 Å². The molecule has 16 heteroatoms. The van der Waals surface area contributed by atoms with Crippen molar-refractivity contribution >= 4 is 29.4 Å². The number of benzene rings is 2. The summed E-state index contributed by atoms with van der Waals surface area (Å²) in [6.45, 7) is 1.70. The molecule has 0 aromatic heterocycles. The summed E-state index contributed by atoms with van der Waals surface area (Å²) in [5.41, 5.74) is 0.427. The number of alkyl halides is 6. The minimum Gasteiger partial charge on any atom is -0.327 e. The molecule has 2 aliphatic heterocycles. The molecule has 230 valence electrons. The van der Waals surface area contributed by atoms with Gasteiger partial charge >= 0.3 is 18.3 Å². The second-order valence-corrected chi connectivity index (χ2v) is 9.78. The van der Waals surface area contributed by atoms with E-state index in [0.29, 0.717) is 0 Å². The minimum atomic E-state index is -5.38. The second-order valence-electron chi connectivity index (χ2n) is 9.78. The monoisotopic (exact) mass is 616 g/mol. The molecule has 2 aromatic rings. The number of hydrogen-bond acceptors (Lipinski definition) is 6. The lowest BCUT2D eigenvalue weighted by molar-refractivity contribution is -0.242. The molecule has 1 N–H and O–H groups in total. The van der Waals surface area contributed by atoms with Crippen molar-refractivity contribution in [1.82, 2.24) is 15.5 Å². The molecule has 1 saturated heterocycles. The molecule has 2 heterocycles. The van der Waals surface area contributed by atoms with Crippen molar-refractivity contribution in [3.8, 4) is 0 Å². The first kappa shape index (κ1) is 31.3. The van der Waals surface area contributed by atoms with E-state index in [2.05, 4.69) is 4.84 Å². The van der Waals surface area contributed by atoms with Crippen LogP contribution in [0.2, 0.25) is 0 Å². The molecule has 2 aromatic carbocycles. The van der Waals surface area contributed by atoms with E-state index in [1.165, 1.54) is 32.0 Å². The number of carbonyl (C=O) groups is 4. The molecule has 1 unspecified atom stereocenters. The van der Waals surface area contributed by atoms with Crippen LogP contribution in [0, 0.1) is 11.7 Å². The maximum Gasteiger partial charge on any atom is 0.493 e. The van der Waals surface area contributed by atoms with Gasteiger partial charge in [-0.2, -0.15) is 26.3 Å². The number of hydrazine groups is 1. The molecule has 4 rings (SSSR count). The number of para-hydroxylation sites is 1. The highest BCUT2D eigenvalue weighted by atomic mass is 19.4. The van der Waals surface area contributed by atoms with Gasteiger partial charge in [0.25, 0.3) is 5.91 Å². The summed E-state index contributed by atoms with van der Waals surface area (Å²) in [7, 11) is 0. The molecular formula is C27H23F7N4O5. The molecule has 1 atom stereocenters. The smallest absolute Gasteiger partial charge is 0.327 e. The van der Waals surface area contributed by atoms with Crippen LogP contribution in [0.4, 0.5) is 36.4 Å². The molecule has 1 fully saturated rings. The van der Waals surface area contributed by atoms with Crippen molar-refractivity contribution in [2.75, 3.05) is 24.5 Å². The lowest BCUT2D eigenvalue weighted by atomic mass is 9.94. The SMILES string of the molecule is CC1=C(Cc2ccc(F)c(C(=O)N3CCN(c4ccccc4C(F)(F)F)C(=O)C3)c2)N(OC(=O)C(F)(F)F)NC(=O)C1C. The number of allylic oxidation sites excluding steroid dienone is 1. The lowest BCUT2D eigenvalue weighted by Crippen LogP contribution is -2.53. The molecule has 0 spiro atoms. The summed E-state index contributed by atoms with van der Waals surface area (Å²) in [6.07, 6.45) is -10.4. The van der Waals surface area contributed by atoms with Crippen LogP contribution in [0.1, 0.15) is 35.3 Å². The van der Waals surface area contributed by atoms with E-state index in [1.807, 2.05) is 5.43 Å². The molecule has 3 amide bonds. The Bertz CT molecular complexity index is 1510. The van der Waals surface area contributed by atoms with Crippen LogP contribution in [0.5, 0.6) is 0 Å². The molecule has 43 heavy (non-hydrogen) atoms. The Labute approximate surface area is 239 Å². The van der Waals surface area contributed by atoms with Gasteiger partial charge in [0.15, 0.2) is 0 Å². The van der Waals surface area contributed by atoms with Gasteiger partial charge in [-0.3, -0.25) is 14.4 Å². The summed E-state index contributed by atoms with van der Waals surface area (Å²) in [5.74, 6) is -6.97. The summed E-state index contributed by atoms with van der Waals surface area (Å²) in [6, 6.07) is 7.66. The predicted octanol–water partition coefficient (Wildman–Crippen LogP) is 4.15. The normalized spacial score (nSPS) is 18.2. The number of halogens is 7. The molecular weight excluding hydrogens is 593 g/mol. The maximum atomic E-state index is 14.8. The fourth-order valence-corrected chi connectivity index (χ4v) is 4.55. The molecule has 0 saturated carbocycles. The Balaban J connectivity index is 1.56. The second kappa shape index (κ2) is 11.6. The topological polar surface area (TPSA) is 99.3 Å². The van der Waals surface area contributed by atoms with Crippen LogP contribution in [0.15, 0.2) is 53.7 Å². The van der Waals surface area contributed by atoms with Crippen molar-refractivity contribution in [1.29, 1.82) is 0 Å². The number of nitrogens with zero attached hydrogens (tertiary/aromatic N) is 3. The van der Waals surface area contributed by atoms with Crippen LogP contribution in [-0.4, -0.2) is 59.6 Å². The van der Waals surface area contributed by atoms with Gasteiger partial charge in [0.2, 0.25) is 11.8 Å². The zero-order chi connectivity index (χ0) is 31.9. The third-order valence-corrected chi connectivity index (χ3v) is 7.00. The summed E-state index contributed by atoms with van der Waals surface area (Å²) in [4.78, 5) is 55.8. The van der Waals surface area contributed by atoms with Crippen LogP contribution in [-0.2, 0) is 31.8 Å². The number of rotatable bonds is 5. The first-order valence-corrected chi connectivity index (χ1v) is 12.6. The number of piperazine rings is 1. The van der Waals surface area contributed by atoms with Crippen molar-refractivity contribution < 1.29 is 54.7 Å². The van der Waals surface area contributed by atoms with E-state index in [4.69, 9.17) is 0 Å². The molecule has 0 radical (unpaired) electrons. The predicted molar refractivity (Wildman–Crippen MR) is 134 cm³/mol. The van der Waals surface area contributed by atoms with Gasteiger partial charge in [-0.1, -0.05) is 18.2 Å². The Morgan fingerprint density at radius 1 is 1.02 bits per heavy atom. The maximum absolute atomic E-state index is 14.8. The van der Waals surface area contributed by atoms with Gasteiger partial charge in [0.05, 0.1) is 28.4 Å². The first-order chi connectivity index (χ1) is 20.0. The molecule has 9 nitrogen and oxygen atoms in total. The molecule has 0 aliphatic carbocycles. The Morgan fingerprint density at radius 3 is 2.33 bits per heavy atom. The van der Waals surface area contributed by atoms with Gasteiger partial charge in [-0.05, 0) is 49.2 Å². The number of hydroxylamine groups is 1. The van der Waals surface area contributed by atoms with Crippen LogP contribution in [0.25, 0.3) is 0 Å². The van der Waals surface area contributed by atoms with Crippen LogP contribution >= 0.6 is 0 Å².